The smallest absolute Gasteiger partial charge is 0.374 e. The van der Waals surface area contributed by atoms with Crippen LogP contribution in [0.3, 0.4) is 0 Å². The van der Waals surface area contributed by atoms with Crippen LogP contribution >= 0.6 is 0 Å². The van der Waals surface area contributed by atoms with Gasteiger partial charge in [-0.05, 0) is 32.7 Å². The monoisotopic (exact) mass is 332 g/mol. The normalized spacial score (nSPS) is 11.9. The number of allylic oxidation sites excluding steroid dienone is 2. The molecule has 0 fully saturated rings. The number of carbonyl (C=O) groups is 2. The molecule has 23 heavy (non-hydrogen) atoms. The Morgan fingerprint density at radius 1 is 1.13 bits per heavy atom. The molecule has 0 N–H and O–H groups in total. The number of hydrogen-bond acceptors (Lipinski definition) is 3. The van der Waals surface area contributed by atoms with Crippen molar-refractivity contribution in [3.05, 3.63) is 42.5 Å². The van der Waals surface area contributed by atoms with Crippen LogP contribution in [0.25, 0.3) is 0 Å². The first-order chi connectivity index (χ1) is 10.8. The highest BCUT2D eigenvalue weighted by molar-refractivity contribution is 6.90. The van der Waals surface area contributed by atoms with Gasteiger partial charge in [0.25, 0.3) is 0 Å². The highest BCUT2D eigenvalue weighted by Crippen LogP contribution is 2.11. The molecule has 0 bridgehead atoms. The molecule has 0 unspecified atom stereocenters. The molecule has 0 saturated heterocycles. The van der Waals surface area contributed by atoms with Gasteiger partial charge in [0.1, 0.15) is 0 Å². The summed E-state index contributed by atoms with van der Waals surface area (Å²) in [6.07, 6.45) is 5.87. The van der Waals surface area contributed by atoms with E-state index < -0.39 is 19.8 Å². The summed E-state index contributed by atoms with van der Waals surface area (Å²) in [6.45, 7) is 8.20. The molecule has 0 amide bonds. The van der Waals surface area contributed by atoms with Crippen molar-refractivity contribution in [2.75, 3.05) is 0 Å². The molecule has 0 aromatic heterocycles. The van der Waals surface area contributed by atoms with E-state index in [0.29, 0.717) is 6.42 Å². The molecule has 4 heteroatoms. The SMILES string of the molecule is CC(C)OC(=O)C(=O)CCC/C=C/C[Si](C)(C)c1ccccc1. The standard InChI is InChI=1S/C19H28O3Si/c1-16(2)22-19(21)18(20)14-10-5-6-11-15-23(3,4)17-12-8-7-9-13-17/h6-9,11-13,16H,5,10,14-15H2,1-4H3/b11-6+. The number of ketones is 1. The van der Waals surface area contributed by atoms with Crippen LogP contribution in [-0.2, 0) is 14.3 Å². The predicted octanol–water partition coefficient (Wildman–Crippen LogP) is 3.85. The highest BCUT2D eigenvalue weighted by Gasteiger charge is 2.21. The number of carbonyl (C=O) groups excluding carboxylic acids is 2. The average molecular weight is 333 g/mol. The lowest BCUT2D eigenvalue weighted by atomic mass is 10.1. The minimum absolute atomic E-state index is 0.239. The van der Waals surface area contributed by atoms with Gasteiger partial charge in [-0.1, -0.05) is 60.8 Å². The van der Waals surface area contributed by atoms with Crippen molar-refractivity contribution in [2.45, 2.75) is 58.4 Å². The van der Waals surface area contributed by atoms with Crippen LogP contribution in [0.4, 0.5) is 0 Å². The van der Waals surface area contributed by atoms with E-state index in [1.807, 2.05) is 6.07 Å². The number of rotatable bonds is 9. The van der Waals surface area contributed by atoms with Gasteiger partial charge >= 0.3 is 5.97 Å². The Bertz CT molecular complexity index is 533. The first-order valence-corrected chi connectivity index (χ1v) is 11.5. The van der Waals surface area contributed by atoms with Crippen LogP contribution in [0, 0.1) is 0 Å². The van der Waals surface area contributed by atoms with Gasteiger partial charge in [0.2, 0.25) is 5.78 Å². The van der Waals surface area contributed by atoms with Gasteiger partial charge in [0.15, 0.2) is 0 Å². The van der Waals surface area contributed by atoms with Gasteiger partial charge in [-0.3, -0.25) is 4.79 Å². The van der Waals surface area contributed by atoms with Crippen molar-refractivity contribution in [2.24, 2.45) is 0 Å². The first kappa shape index (κ1) is 19.4. The number of hydrogen-bond donors (Lipinski definition) is 0. The highest BCUT2D eigenvalue weighted by atomic mass is 28.3. The molecular formula is C19H28O3Si. The largest absolute Gasteiger partial charge is 0.457 e. The Morgan fingerprint density at radius 3 is 2.39 bits per heavy atom. The van der Waals surface area contributed by atoms with Crippen LogP contribution in [-0.4, -0.2) is 25.9 Å². The molecule has 0 spiro atoms. The molecule has 3 nitrogen and oxygen atoms in total. The van der Waals surface area contributed by atoms with Crippen molar-refractivity contribution >= 4 is 25.0 Å². The molecule has 0 aliphatic heterocycles. The van der Waals surface area contributed by atoms with Gasteiger partial charge in [-0.25, -0.2) is 4.79 Å². The van der Waals surface area contributed by atoms with E-state index >= 15 is 0 Å². The van der Waals surface area contributed by atoms with Gasteiger partial charge in [0, 0.05) is 6.42 Å². The second-order valence-corrected chi connectivity index (χ2v) is 11.4. The Labute approximate surface area is 140 Å². The second kappa shape index (κ2) is 9.45. The van der Waals surface area contributed by atoms with Crippen molar-refractivity contribution < 1.29 is 14.3 Å². The van der Waals surface area contributed by atoms with Crippen molar-refractivity contribution in [3.63, 3.8) is 0 Å². The lowest BCUT2D eigenvalue weighted by molar-refractivity contribution is -0.156. The average Bonchev–Trinajstić information content (AvgIpc) is 2.50. The van der Waals surface area contributed by atoms with Gasteiger partial charge in [-0.15, -0.1) is 0 Å². The maximum Gasteiger partial charge on any atom is 0.374 e. The van der Waals surface area contributed by atoms with E-state index in [4.69, 9.17) is 4.74 Å². The lowest BCUT2D eigenvalue weighted by Gasteiger charge is -2.20. The van der Waals surface area contributed by atoms with E-state index in [1.54, 1.807) is 13.8 Å². The van der Waals surface area contributed by atoms with Crippen LogP contribution in [0.1, 0.15) is 33.1 Å². The maximum absolute atomic E-state index is 11.6. The molecule has 0 radical (unpaired) electrons. The molecule has 1 aromatic carbocycles. The van der Waals surface area contributed by atoms with Crippen LogP contribution < -0.4 is 5.19 Å². The minimum Gasteiger partial charge on any atom is -0.457 e. The van der Waals surface area contributed by atoms with Gasteiger partial charge < -0.3 is 4.74 Å². The van der Waals surface area contributed by atoms with E-state index in [9.17, 15) is 9.59 Å². The van der Waals surface area contributed by atoms with E-state index in [2.05, 4.69) is 49.5 Å². The number of benzene rings is 1. The first-order valence-electron chi connectivity index (χ1n) is 8.27. The third-order valence-electron chi connectivity index (χ3n) is 3.70. The Morgan fingerprint density at radius 2 is 1.78 bits per heavy atom. The van der Waals surface area contributed by atoms with E-state index in [1.165, 1.54) is 5.19 Å². The summed E-state index contributed by atoms with van der Waals surface area (Å²) < 4.78 is 4.88. The fraction of sp³-hybridized carbons (Fsp3) is 0.474. The molecule has 0 aliphatic rings. The van der Waals surface area contributed by atoms with Crippen molar-refractivity contribution in [1.82, 2.24) is 0 Å². The molecule has 0 saturated carbocycles. The summed E-state index contributed by atoms with van der Waals surface area (Å²) in [6, 6.07) is 11.7. The van der Waals surface area contributed by atoms with E-state index in [-0.39, 0.29) is 12.5 Å². The Balaban J connectivity index is 2.29. The Kier molecular flexibility index (Phi) is 7.96. The minimum atomic E-state index is -1.43. The summed E-state index contributed by atoms with van der Waals surface area (Å²) in [5.41, 5.74) is 0. The molecule has 0 atom stereocenters. The number of esters is 1. The number of unbranched alkanes of at least 4 members (excludes halogenated alkanes) is 1. The summed E-state index contributed by atoms with van der Waals surface area (Å²) in [5.74, 6) is -1.13. The van der Waals surface area contributed by atoms with Gasteiger partial charge in [0.05, 0.1) is 14.2 Å². The zero-order valence-electron chi connectivity index (χ0n) is 14.7. The maximum atomic E-state index is 11.6. The predicted molar refractivity (Wildman–Crippen MR) is 97.6 cm³/mol. The molecule has 1 aromatic rings. The fourth-order valence-corrected chi connectivity index (χ4v) is 4.35. The van der Waals surface area contributed by atoms with Crippen LogP contribution in [0.5, 0.6) is 0 Å². The Hall–Kier alpha value is -1.68. The second-order valence-electron chi connectivity index (χ2n) is 6.69. The number of ether oxygens (including phenoxy) is 1. The topological polar surface area (TPSA) is 43.4 Å². The molecular weight excluding hydrogens is 304 g/mol. The summed E-state index contributed by atoms with van der Waals surface area (Å²) in [7, 11) is -1.43. The third kappa shape index (κ3) is 7.42. The quantitative estimate of drug-likeness (QED) is 0.227. The molecule has 0 aliphatic carbocycles. The third-order valence-corrected chi connectivity index (χ3v) is 6.85. The molecule has 1 rings (SSSR count). The summed E-state index contributed by atoms with van der Waals surface area (Å²) in [4.78, 5) is 22.9. The van der Waals surface area contributed by atoms with Crippen molar-refractivity contribution in [1.29, 1.82) is 0 Å². The molecule has 0 heterocycles. The molecule has 126 valence electrons. The fourth-order valence-electron chi connectivity index (χ4n) is 2.27. The summed E-state index contributed by atoms with van der Waals surface area (Å²) in [5, 5.41) is 1.45. The lowest BCUT2D eigenvalue weighted by Crippen LogP contribution is -2.40. The van der Waals surface area contributed by atoms with E-state index in [0.717, 1.165) is 12.5 Å². The van der Waals surface area contributed by atoms with Gasteiger partial charge in [-0.2, -0.15) is 0 Å². The summed E-state index contributed by atoms with van der Waals surface area (Å²) >= 11 is 0. The van der Waals surface area contributed by atoms with Crippen molar-refractivity contribution in [3.8, 4) is 0 Å². The zero-order chi connectivity index (χ0) is 17.3. The van der Waals surface area contributed by atoms with Crippen LogP contribution in [0.15, 0.2) is 42.5 Å². The van der Waals surface area contributed by atoms with Crippen LogP contribution in [0.2, 0.25) is 19.1 Å². The zero-order valence-corrected chi connectivity index (χ0v) is 15.7. The number of Topliss-reactive ketones (excluding diaryl/α,β-unsaturated/α-hetero) is 1.